The Labute approximate surface area is 215 Å². The van der Waals surface area contributed by atoms with Gasteiger partial charge in [-0.15, -0.1) is 0 Å². The number of alkyl carbamates (subject to hydrolysis) is 1. The molecule has 3 heterocycles. The Morgan fingerprint density at radius 2 is 2.05 bits per heavy atom. The summed E-state index contributed by atoms with van der Waals surface area (Å²) in [6, 6.07) is 7.73. The number of hydrogen-bond donors (Lipinski definition) is 2. The van der Waals surface area contributed by atoms with E-state index in [9.17, 15) is 14.0 Å². The second-order valence-electron chi connectivity index (χ2n) is 9.96. The summed E-state index contributed by atoms with van der Waals surface area (Å²) in [7, 11) is 0. The van der Waals surface area contributed by atoms with E-state index in [1.165, 1.54) is 12.1 Å². The van der Waals surface area contributed by atoms with Gasteiger partial charge in [-0.05, 0) is 63.4 Å². The molecule has 0 saturated heterocycles. The van der Waals surface area contributed by atoms with Crippen LogP contribution in [0.15, 0.2) is 42.7 Å². The van der Waals surface area contributed by atoms with E-state index in [0.29, 0.717) is 48.4 Å². The van der Waals surface area contributed by atoms with Crippen molar-refractivity contribution in [2.24, 2.45) is 0 Å². The summed E-state index contributed by atoms with van der Waals surface area (Å²) < 4.78 is 19.7. The highest BCUT2D eigenvalue weighted by Gasteiger charge is 2.37. The number of pyridine rings is 1. The van der Waals surface area contributed by atoms with Crippen molar-refractivity contribution in [1.82, 2.24) is 25.2 Å². The van der Waals surface area contributed by atoms with Gasteiger partial charge in [-0.25, -0.2) is 19.2 Å². The minimum Gasteiger partial charge on any atom is -0.444 e. The van der Waals surface area contributed by atoms with E-state index < -0.39 is 17.7 Å². The van der Waals surface area contributed by atoms with Crippen molar-refractivity contribution in [3.05, 3.63) is 71.1 Å². The zero-order valence-electron chi connectivity index (χ0n) is 21.4. The number of nitrogens with one attached hydrogen (secondary N) is 1. The fourth-order valence-corrected chi connectivity index (χ4v) is 4.54. The van der Waals surface area contributed by atoms with Gasteiger partial charge in [-0.2, -0.15) is 0 Å². The number of nitrogens with two attached hydrogens (primary N) is 1. The van der Waals surface area contributed by atoms with E-state index in [2.05, 4.69) is 20.3 Å². The van der Waals surface area contributed by atoms with E-state index in [-0.39, 0.29) is 17.7 Å². The van der Waals surface area contributed by atoms with Gasteiger partial charge in [0.1, 0.15) is 11.4 Å². The molecule has 9 nitrogen and oxygen atoms in total. The van der Waals surface area contributed by atoms with Crippen LogP contribution in [0.1, 0.15) is 60.5 Å². The third kappa shape index (κ3) is 6.02. The number of nitrogen functional groups attached to an aromatic ring is 1. The molecule has 3 aromatic rings. The third-order valence-corrected chi connectivity index (χ3v) is 6.01. The van der Waals surface area contributed by atoms with Crippen LogP contribution in [-0.2, 0) is 11.2 Å². The number of nitrogens with zero attached hydrogens (tertiary/aromatic N) is 4. The number of ether oxygens (including phenoxy) is 1. The van der Waals surface area contributed by atoms with Crippen molar-refractivity contribution < 1.29 is 18.7 Å². The summed E-state index contributed by atoms with van der Waals surface area (Å²) in [5.74, 6) is -0.521. The van der Waals surface area contributed by atoms with Crippen LogP contribution in [0.3, 0.4) is 0 Å². The summed E-state index contributed by atoms with van der Waals surface area (Å²) in [6.07, 6.45) is 3.66. The minimum atomic E-state index is -0.605. The summed E-state index contributed by atoms with van der Waals surface area (Å²) in [6.45, 7) is 7.76. The van der Waals surface area contributed by atoms with Crippen LogP contribution >= 0.6 is 0 Å². The quantitative estimate of drug-likeness (QED) is 0.480. The number of hydrogen-bond acceptors (Lipinski definition) is 7. The van der Waals surface area contributed by atoms with Crippen LogP contribution in [0.25, 0.3) is 11.1 Å². The summed E-state index contributed by atoms with van der Waals surface area (Å²) in [5, 5.41) is 2.73. The Morgan fingerprint density at radius 1 is 1.27 bits per heavy atom. The molecule has 10 heteroatoms. The van der Waals surface area contributed by atoms with E-state index in [1.807, 2.05) is 6.07 Å². The van der Waals surface area contributed by atoms with E-state index in [0.717, 1.165) is 11.1 Å². The second-order valence-corrected chi connectivity index (χ2v) is 9.96. The van der Waals surface area contributed by atoms with Crippen molar-refractivity contribution in [1.29, 1.82) is 0 Å². The van der Waals surface area contributed by atoms with Crippen molar-refractivity contribution in [3.8, 4) is 11.1 Å². The van der Waals surface area contributed by atoms with Gasteiger partial charge in [0.05, 0.1) is 23.0 Å². The molecule has 194 valence electrons. The highest BCUT2D eigenvalue weighted by molar-refractivity contribution is 5.98. The number of benzene rings is 1. The van der Waals surface area contributed by atoms with Gasteiger partial charge < -0.3 is 20.7 Å². The van der Waals surface area contributed by atoms with Gasteiger partial charge >= 0.3 is 6.09 Å². The van der Waals surface area contributed by atoms with Gasteiger partial charge in [0.2, 0.25) is 5.95 Å². The summed E-state index contributed by atoms with van der Waals surface area (Å²) in [4.78, 5) is 40.3. The molecule has 0 radical (unpaired) electrons. The maximum atomic E-state index is 14.4. The largest absolute Gasteiger partial charge is 0.444 e. The number of rotatable bonds is 6. The van der Waals surface area contributed by atoms with Crippen molar-refractivity contribution in [3.63, 3.8) is 0 Å². The van der Waals surface area contributed by atoms with Crippen LogP contribution in [0.5, 0.6) is 0 Å². The molecule has 3 N–H and O–H groups in total. The lowest BCUT2D eigenvalue weighted by atomic mass is 9.87. The average molecular weight is 507 g/mol. The predicted octanol–water partition coefficient (Wildman–Crippen LogP) is 4.22. The van der Waals surface area contributed by atoms with Gasteiger partial charge in [0, 0.05) is 37.5 Å². The van der Waals surface area contributed by atoms with Crippen LogP contribution in [0, 0.1) is 12.7 Å². The Kier molecular flexibility index (Phi) is 7.37. The fourth-order valence-electron chi connectivity index (χ4n) is 4.54. The van der Waals surface area contributed by atoms with Crippen LogP contribution in [0.4, 0.5) is 15.1 Å². The highest BCUT2D eigenvalue weighted by atomic mass is 19.1. The molecule has 1 aromatic carbocycles. The fraction of sp³-hybridized carbons (Fsp3) is 0.370. The molecular weight excluding hydrogens is 475 g/mol. The molecule has 1 aliphatic heterocycles. The first-order valence-electron chi connectivity index (χ1n) is 12.1. The Bertz CT molecular complexity index is 1310. The first-order valence-corrected chi connectivity index (χ1v) is 12.1. The second kappa shape index (κ2) is 10.5. The predicted molar refractivity (Wildman–Crippen MR) is 137 cm³/mol. The lowest BCUT2D eigenvalue weighted by molar-refractivity contribution is 0.0523. The summed E-state index contributed by atoms with van der Waals surface area (Å²) >= 11 is 0. The maximum absolute atomic E-state index is 14.4. The van der Waals surface area contributed by atoms with Crippen LogP contribution < -0.4 is 11.1 Å². The summed E-state index contributed by atoms with van der Waals surface area (Å²) in [5.41, 5.74) is 8.94. The minimum absolute atomic E-state index is 0.101. The SMILES string of the molecule is Cc1nc(N)nc2c1C(=O)N(CCCNC(=O)OC(C)(C)C)[C@@H](c1ccc(F)cc1-c1cccnc1)C2. The zero-order chi connectivity index (χ0) is 26.7. The smallest absolute Gasteiger partial charge is 0.407 e. The Hall–Kier alpha value is -4.08. The van der Waals surface area contributed by atoms with Crippen LogP contribution in [0.2, 0.25) is 0 Å². The van der Waals surface area contributed by atoms with Gasteiger partial charge in [0.25, 0.3) is 5.91 Å². The number of aromatic nitrogens is 3. The lowest BCUT2D eigenvalue weighted by Crippen LogP contribution is -2.43. The number of aryl methyl sites for hydroxylation is 1. The molecule has 0 unspecified atom stereocenters. The molecule has 1 aliphatic rings. The van der Waals surface area contributed by atoms with Crippen molar-refractivity contribution in [2.75, 3.05) is 18.8 Å². The molecule has 2 amide bonds. The van der Waals surface area contributed by atoms with Gasteiger partial charge in [-0.1, -0.05) is 12.1 Å². The first-order chi connectivity index (χ1) is 17.5. The maximum Gasteiger partial charge on any atom is 0.407 e. The molecule has 0 saturated carbocycles. The van der Waals surface area contributed by atoms with Crippen molar-refractivity contribution in [2.45, 2.75) is 52.2 Å². The Morgan fingerprint density at radius 3 is 2.76 bits per heavy atom. The van der Waals surface area contributed by atoms with E-state index >= 15 is 0 Å². The van der Waals surface area contributed by atoms with Gasteiger partial charge in [-0.3, -0.25) is 9.78 Å². The van der Waals surface area contributed by atoms with Gasteiger partial charge in [0.15, 0.2) is 0 Å². The van der Waals surface area contributed by atoms with E-state index in [4.69, 9.17) is 10.5 Å². The molecule has 1 atom stereocenters. The number of anilines is 1. The monoisotopic (exact) mass is 506 g/mol. The molecule has 0 spiro atoms. The number of fused-ring (bicyclic) bond motifs is 1. The molecular formula is C27H31FN6O3. The normalized spacial score (nSPS) is 15.3. The Balaban J connectivity index is 1.67. The topological polar surface area (TPSA) is 123 Å². The molecule has 4 rings (SSSR count). The molecule has 0 fully saturated rings. The number of carbonyl (C=O) groups is 2. The number of halogens is 1. The number of carbonyl (C=O) groups excluding carboxylic acids is 2. The lowest BCUT2D eigenvalue weighted by Gasteiger charge is -2.38. The molecule has 0 aliphatic carbocycles. The average Bonchev–Trinajstić information content (AvgIpc) is 2.81. The van der Waals surface area contributed by atoms with Crippen molar-refractivity contribution >= 4 is 17.9 Å². The molecule has 37 heavy (non-hydrogen) atoms. The third-order valence-electron chi connectivity index (χ3n) is 6.01. The van der Waals surface area contributed by atoms with Crippen LogP contribution in [-0.4, -0.2) is 50.5 Å². The standard InChI is InChI=1S/C27H31FN6O3/c1-16-23-21(33-25(29)32-16)14-22(19-9-8-18(28)13-20(19)17-7-5-10-30-15-17)34(24(23)35)12-6-11-31-26(36)37-27(2,3)4/h5,7-10,13,15,22H,6,11-12,14H2,1-4H3,(H,31,36)(H2,29,32,33)/t22-/m1/s1. The number of amides is 2. The zero-order valence-corrected chi connectivity index (χ0v) is 21.4. The highest BCUT2D eigenvalue weighted by Crippen LogP contribution is 2.38. The molecule has 0 bridgehead atoms. The molecule has 2 aromatic heterocycles. The van der Waals surface area contributed by atoms with E-state index in [1.54, 1.807) is 57.1 Å². The first kappa shape index (κ1) is 26.0.